The van der Waals surface area contributed by atoms with Gasteiger partial charge < -0.3 is 10.3 Å². The number of imidazole rings is 1. The van der Waals surface area contributed by atoms with E-state index in [1.54, 1.807) is 0 Å². The van der Waals surface area contributed by atoms with Gasteiger partial charge >= 0.3 is 0 Å². The fourth-order valence-electron chi connectivity index (χ4n) is 1.68. The van der Waals surface area contributed by atoms with Gasteiger partial charge in [0.1, 0.15) is 5.82 Å². The van der Waals surface area contributed by atoms with Gasteiger partial charge in [0, 0.05) is 18.1 Å². The summed E-state index contributed by atoms with van der Waals surface area (Å²) in [6, 6.07) is 8.39. The lowest BCUT2D eigenvalue weighted by molar-refractivity contribution is 0.944. The summed E-state index contributed by atoms with van der Waals surface area (Å²) >= 11 is 0. The molecule has 2 rings (SSSR count). The molecule has 15 heavy (non-hydrogen) atoms. The molecule has 1 aromatic carbocycles. The molecule has 0 fully saturated rings. The minimum absolute atomic E-state index is 0.687. The molecule has 1 aromatic heterocycles. The van der Waals surface area contributed by atoms with Crippen molar-refractivity contribution in [3.63, 3.8) is 0 Å². The Hall–Kier alpha value is -1.61. The van der Waals surface area contributed by atoms with Crippen LogP contribution in [0.2, 0.25) is 0 Å². The fourth-order valence-corrected chi connectivity index (χ4v) is 1.68. The van der Waals surface area contributed by atoms with Crippen LogP contribution < -0.4 is 5.73 Å². The Labute approximate surface area is 89.6 Å². The number of aryl methyl sites for hydroxylation is 1. The topological polar surface area (TPSA) is 43.8 Å². The van der Waals surface area contributed by atoms with Crippen molar-refractivity contribution < 1.29 is 0 Å². The average Bonchev–Trinajstić information content (AvgIpc) is 2.65. The molecule has 78 valence electrons. The van der Waals surface area contributed by atoms with Crippen LogP contribution in [0.4, 0.5) is 0 Å². The third-order valence-electron chi connectivity index (χ3n) is 2.45. The number of nitrogens with two attached hydrogens (primary N) is 1. The van der Waals surface area contributed by atoms with E-state index in [0.717, 1.165) is 17.9 Å². The van der Waals surface area contributed by atoms with E-state index in [-0.39, 0.29) is 0 Å². The van der Waals surface area contributed by atoms with E-state index < -0.39 is 0 Å². The van der Waals surface area contributed by atoms with Crippen LogP contribution in [0, 0.1) is 6.92 Å². The van der Waals surface area contributed by atoms with E-state index in [1.165, 1.54) is 5.56 Å². The number of hydrogen-bond donors (Lipinski definition) is 1. The number of aromatic nitrogens is 2. The van der Waals surface area contributed by atoms with Gasteiger partial charge in [0.25, 0.3) is 0 Å². The minimum atomic E-state index is 0.687. The molecule has 0 aliphatic heterocycles. The second kappa shape index (κ2) is 4.28. The van der Waals surface area contributed by atoms with E-state index in [0.29, 0.717) is 6.54 Å². The summed E-state index contributed by atoms with van der Waals surface area (Å²) in [4.78, 5) is 4.21. The zero-order chi connectivity index (χ0) is 10.7. The van der Waals surface area contributed by atoms with Crippen LogP contribution in [0.1, 0.15) is 11.4 Å². The van der Waals surface area contributed by atoms with E-state index in [9.17, 15) is 0 Å². The second-order valence-corrected chi connectivity index (χ2v) is 3.55. The zero-order valence-corrected chi connectivity index (χ0v) is 8.85. The maximum Gasteiger partial charge on any atom is 0.110 e. The molecule has 0 amide bonds. The first-order valence-electron chi connectivity index (χ1n) is 5.10. The van der Waals surface area contributed by atoms with E-state index in [1.807, 2.05) is 19.3 Å². The summed E-state index contributed by atoms with van der Waals surface area (Å²) < 4.78 is 2.07. The summed E-state index contributed by atoms with van der Waals surface area (Å²) in [7, 11) is 0. The molecule has 2 N–H and O–H groups in total. The summed E-state index contributed by atoms with van der Waals surface area (Å²) in [5.41, 5.74) is 7.96. The first-order valence-corrected chi connectivity index (χ1v) is 5.10. The molecule has 0 atom stereocenters. The fraction of sp³-hybridized carbons (Fsp3) is 0.250. The van der Waals surface area contributed by atoms with E-state index in [2.05, 4.69) is 33.8 Å². The highest BCUT2D eigenvalue weighted by Gasteiger charge is 2.00. The van der Waals surface area contributed by atoms with Crippen LogP contribution in [0.15, 0.2) is 36.7 Å². The van der Waals surface area contributed by atoms with Crippen LogP contribution in [0.25, 0.3) is 5.69 Å². The Morgan fingerprint density at radius 3 is 2.93 bits per heavy atom. The summed E-state index contributed by atoms with van der Waals surface area (Å²) in [6.45, 7) is 2.68. The largest absolute Gasteiger partial charge is 0.330 e. The third kappa shape index (κ3) is 2.07. The molecule has 0 aliphatic carbocycles. The highest BCUT2D eigenvalue weighted by molar-refractivity contribution is 5.37. The highest BCUT2D eigenvalue weighted by Crippen LogP contribution is 2.12. The van der Waals surface area contributed by atoms with E-state index >= 15 is 0 Å². The zero-order valence-electron chi connectivity index (χ0n) is 8.85. The predicted octanol–water partition coefficient (Wildman–Crippen LogP) is 1.68. The second-order valence-electron chi connectivity index (χ2n) is 3.55. The molecule has 3 heteroatoms. The molecule has 0 spiro atoms. The monoisotopic (exact) mass is 201 g/mol. The summed E-state index contributed by atoms with van der Waals surface area (Å²) in [6.07, 6.45) is 4.70. The lowest BCUT2D eigenvalue weighted by atomic mass is 10.1. The predicted molar refractivity (Wildman–Crippen MR) is 61.1 cm³/mol. The van der Waals surface area contributed by atoms with Crippen molar-refractivity contribution in [1.82, 2.24) is 9.55 Å². The van der Waals surface area contributed by atoms with Crippen LogP contribution in [-0.2, 0) is 6.42 Å². The van der Waals surface area contributed by atoms with Gasteiger partial charge in [0.2, 0.25) is 0 Å². The number of hydrogen-bond acceptors (Lipinski definition) is 2. The molecule has 0 bridgehead atoms. The summed E-state index contributed by atoms with van der Waals surface area (Å²) in [5.74, 6) is 1.000. The van der Waals surface area contributed by atoms with Gasteiger partial charge in [-0.2, -0.15) is 0 Å². The van der Waals surface area contributed by atoms with Crippen molar-refractivity contribution in [2.24, 2.45) is 5.73 Å². The van der Waals surface area contributed by atoms with Crippen LogP contribution in [-0.4, -0.2) is 16.1 Å². The normalized spacial score (nSPS) is 10.5. The molecule has 0 saturated carbocycles. The van der Waals surface area contributed by atoms with Gasteiger partial charge in [-0.15, -0.1) is 0 Å². The van der Waals surface area contributed by atoms with Crippen molar-refractivity contribution in [2.45, 2.75) is 13.3 Å². The molecule has 3 nitrogen and oxygen atoms in total. The van der Waals surface area contributed by atoms with Gasteiger partial charge in [-0.1, -0.05) is 12.1 Å². The first kappa shape index (κ1) is 9.93. The van der Waals surface area contributed by atoms with Crippen molar-refractivity contribution in [1.29, 1.82) is 0 Å². The maximum atomic E-state index is 5.54. The van der Waals surface area contributed by atoms with Gasteiger partial charge in [-0.05, 0) is 37.6 Å². The smallest absolute Gasteiger partial charge is 0.110 e. The van der Waals surface area contributed by atoms with Crippen molar-refractivity contribution >= 4 is 0 Å². The minimum Gasteiger partial charge on any atom is -0.330 e. The van der Waals surface area contributed by atoms with Gasteiger partial charge in [-0.3, -0.25) is 0 Å². The van der Waals surface area contributed by atoms with Gasteiger partial charge in [0.05, 0.1) is 0 Å². The quantitative estimate of drug-likeness (QED) is 0.821. The molecule has 0 saturated heterocycles. The molecule has 0 radical (unpaired) electrons. The van der Waals surface area contributed by atoms with Gasteiger partial charge in [0.15, 0.2) is 0 Å². The molecule has 0 aliphatic rings. The van der Waals surface area contributed by atoms with Crippen molar-refractivity contribution in [3.05, 3.63) is 48.0 Å². The standard InChI is InChI=1S/C12H15N3/c1-10-14-7-8-15(10)12-4-2-3-11(9-12)5-6-13/h2-4,7-9H,5-6,13H2,1H3. The maximum absolute atomic E-state index is 5.54. The number of nitrogens with zero attached hydrogens (tertiary/aromatic N) is 2. The van der Waals surface area contributed by atoms with Crippen molar-refractivity contribution in [2.75, 3.05) is 6.54 Å². The Bertz CT molecular complexity index is 446. The number of rotatable bonds is 3. The first-order chi connectivity index (χ1) is 7.31. The Morgan fingerprint density at radius 2 is 2.27 bits per heavy atom. The SMILES string of the molecule is Cc1nccn1-c1cccc(CCN)c1. The molecule has 2 aromatic rings. The summed E-state index contributed by atoms with van der Waals surface area (Å²) in [5, 5.41) is 0. The van der Waals surface area contributed by atoms with Gasteiger partial charge in [-0.25, -0.2) is 4.98 Å². The van der Waals surface area contributed by atoms with Crippen molar-refractivity contribution in [3.8, 4) is 5.69 Å². The lowest BCUT2D eigenvalue weighted by Gasteiger charge is -2.06. The highest BCUT2D eigenvalue weighted by atomic mass is 15.1. The molecular weight excluding hydrogens is 186 g/mol. The Morgan fingerprint density at radius 1 is 1.40 bits per heavy atom. The molecule has 0 unspecified atom stereocenters. The lowest BCUT2D eigenvalue weighted by Crippen LogP contribution is -2.03. The van der Waals surface area contributed by atoms with Crippen LogP contribution in [0.5, 0.6) is 0 Å². The number of benzene rings is 1. The molecule has 1 heterocycles. The average molecular weight is 201 g/mol. The molecular formula is C12H15N3. The van der Waals surface area contributed by atoms with Crippen LogP contribution in [0.3, 0.4) is 0 Å². The van der Waals surface area contributed by atoms with Crippen LogP contribution >= 0.6 is 0 Å². The Kier molecular flexibility index (Phi) is 2.83. The third-order valence-corrected chi connectivity index (χ3v) is 2.45. The van der Waals surface area contributed by atoms with E-state index in [4.69, 9.17) is 5.73 Å². The Balaban J connectivity index is 2.37.